The van der Waals surface area contributed by atoms with Gasteiger partial charge in [-0.05, 0) is 32.5 Å². The molecule has 0 saturated heterocycles. The van der Waals surface area contributed by atoms with Crippen LogP contribution in [-0.4, -0.2) is 17.7 Å². The van der Waals surface area contributed by atoms with Crippen molar-refractivity contribution in [3.8, 4) is 11.8 Å². The average Bonchev–Trinajstić information content (AvgIpc) is 2.05. The predicted octanol–water partition coefficient (Wildman–Crippen LogP) is 1.27. The van der Waals surface area contributed by atoms with Crippen LogP contribution in [0.2, 0.25) is 0 Å². The summed E-state index contributed by atoms with van der Waals surface area (Å²) >= 11 is 5.02. The van der Waals surface area contributed by atoms with Crippen LogP contribution in [-0.2, 0) is 0 Å². The molecule has 2 N–H and O–H groups in total. The van der Waals surface area contributed by atoms with Gasteiger partial charge in [0.25, 0.3) is 0 Å². The molecule has 0 aromatic rings. The first-order valence-corrected chi connectivity index (χ1v) is 4.55. The molecular weight excluding hydrogens is 168 g/mol. The summed E-state index contributed by atoms with van der Waals surface area (Å²) in [5, 5.41) is 6.82. The average molecular weight is 184 g/mol. The molecule has 2 nitrogen and oxygen atoms in total. The second-order valence-corrected chi connectivity index (χ2v) is 2.97. The topological polar surface area (TPSA) is 24.1 Å². The van der Waals surface area contributed by atoms with Gasteiger partial charge < -0.3 is 10.6 Å². The lowest BCUT2D eigenvalue weighted by atomic mass is 10.3. The van der Waals surface area contributed by atoms with E-state index in [1.807, 2.05) is 6.92 Å². The Morgan fingerprint density at radius 2 is 2.25 bits per heavy atom. The minimum Gasteiger partial charge on any atom is -0.360 e. The monoisotopic (exact) mass is 184 g/mol. The van der Waals surface area contributed by atoms with Crippen molar-refractivity contribution >= 4 is 17.3 Å². The summed E-state index contributed by atoms with van der Waals surface area (Å²) < 4.78 is 0. The van der Waals surface area contributed by atoms with Crippen molar-refractivity contribution in [2.75, 3.05) is 6.54 Å². The Kier molecular flexibility index (Phi) is 6.50. The SMILES string of the molecule is CC#CCNC(=S)NC(C)CC. The summed E-state index contributed by atoms with van der Waals surface area (Å²) in [6, 6.07) is 0.430. The van der Waals surface area contributed by atoms with Crippen molar-refractivity contribution in [3.05, 3.63) is 0 Å². The molecule has 0 aromatic carbocycles. The fourth-order valence-corrected chi connectivity index (χ4v) is 0.863. The summed E-state index contributed by atoms with van der Waals surface area (Å²) in [5.41, 5.74) is 0. The van der Waals surface area contributed by atoms with Crippen LogP contribution < -0.4 is 10.6 Å². The van der Waals surface area contributed by atoms with Crippen LogP contribution >= 0.6 is 12.2 Å². The second-order valence-electron chi connectivity index (χ2n) is 2.56. The molecule has 68 valence electrons. The van der Waals surface area contributed by atoms with Crippen LogP contribution in [0.4, 0.5) is 0 Å². The lowest BCUT2D eigenvalue weighted by Gasteiger charge is -2.13. The van der Waals surface area contributed by atoms with Gasteiger partial charge in [-0.15, -0.1) is 5.92 Å². The molecule has 12 heavy (non-hydrogen) atoms. The van der Waals surface area contributed by atoms with Crippen LogP contribution in [0.15, 0.2) is 0 Å². The number of hydrogen-bond acceptors (Lipinski definition) is 1. The Labute approximate surface area is 80.1 Å². The van der Waals surface area contributed by atoms with Gasteiger partial charge in [0.15, 0.2) is 5.11 Å². The quantitative estimate of drug-likeness (QED) is 0.510. The Hall–Kier alpha value is -0.750. The van der Waals surface area contributed by atoms with Gasteiger partial charge in [-0.1, -0.05) is 12.8 Å². The largest absolute Gasteiger partial charge is 0.360 e. The van der Waals surface area contributed by atoms with E-state index in [1.165, 1.54) is 0 Å². The normalized spacial score (nSPS) is 10.9. The van der Waals surface area contributed by atoms with E-state index in [4.69, 9.17) is 12.2 Å². The van der Waals surface area contributed by atoms with Crippen molar-refractivity contribution in [1.29, 1.82) is 0 Å². The van der Waals surface area contributed by atoms with E-state index in [0.717, 1.165) is 6.42 Å². The maximum Gasteiger partial charge on any atom is 0.167 e. The summed E-state index contributed by atoms with van der Waals surface area (Å²) in [5.74, 6) is 5.67. The zero-order valence-electron chi connectivity index (χ0n) is 7.90. The summed E-state index contributed by atoms with van der Waals surface area (Å²) in [6.45, 7) is 6.65. The Morgan fingerprint density at radius 3 is 2.75 bits per heavy atom. The van der Waals surface area contributed by atoms with Gasteiger partial charge in [-0.3, -0.25) is 0 Å². The molecule has 0 amide bonds. The van der Waals surface area contributed by atoms with E-state index in [-0.39, 0.29) is 0 Å². The van der Waals surface area contributed by atoms with E-state index >= 15 is 0 Å². The van der Waals surface area contributed by atoms with Crippen molar-refractivity contribution < 1.29 is 0 Å². The molecule has 0 spiro atoms. The lowest BCUT2D eigenvalue weighted by Crippen LogP contribution is -2.40. The predicted molar refractivity (Wildman–Crippen MR) is 56.9 cm³/mol. The van der Waals surface area contributed by atoms with E-state index in [0.29, 0.717) is 17.7 Å². The van der Waals surface area contributed by atoms with Gasteiger partial charge in [0, 0.05) is 6.04 Å². The maximum absolute atomic E-state index is 5.02. The molecule has 0 aliphatic carbocycles. The van der Waals surface area contributed by atoms with Crippen LogP contribution in [0.1, 0.15) is 27.2 Å². The van der Waals surface area contributed by atoms with Crippen molar-refractivity contribution in [2.45, 2.75) is 33.2 Å². The fraction of sp³-hybridized carbons (Fsp3) is 0.667. The van der Waals surface area contributed by atoms with Crippen LogP contribution in [0.3, 0.4) is 0 Å². The standard InChI is InChI=1S/C9H16N2S/c1-4-6-7-10-9(12)11-8(3)5-2/h8H,5,7H2,1-3H3,(H2,10,11,12). The molecule has 1 unspecified atom stereocenters. The highest BCUT2D eigenvalue weighted by atomic mass is 32.1. The Balaban J connectivity index is 3.50. The third-order valence-corrected chi connectivity index (χ3v) is 1.77. The van der Waals surface area contributed by atoms with Crippen LogP contribution in [0.5, 0.6) is 0 Å². The molecule has 0 aliphatic rings. The number of hydrogen-bond donors (Lipinski definition) is 2. The third kappa shape index (κ3) is 5.99. The number of thiocarbonyl (C=S) groups is 1. The maximum atomic E-state index is 5.02. The minimum atomic E-state index is 0.430. The summed E-state index contributed by atoms with van der Waals surface area (Å²) in [6.07, 6.45) is 1.07. The first-order chi connectivity index (χ1) is 5.70. The molecule has 0 heterocycles. The zero-order chi connectivity index (χ0) is 9.40. The van der Waals surface area contributed by atoms with Gasteiger partial charge >= 0.3 is 0 Å². The minimum absolute atomic E-state index is 0.430. The van der Waals surface area contributed by atoms with Crippen LogP contribution in [0.25, 0.3) is 0 Å². The van der Waals surface area contributed by atoms with Crippen molar-refractivity contribution in [2.24, 2.45) is 0 Å². The zero-order valence-corrected chi connectivity index (χ0v) is 8.72. The van der Waals surface area contributed by atoms with Gasteiger partial charge in [0.1, 0.15) is 0 Å². The second kappa shape index (κ2) is 6.93. The van der Waals surface area contributed by atoms with E-state index < -0.39 is 0 Å². The molecule has 0 saturated carbocycles. The molecule has 0 rings (SSSR count). The molecule has 0 fully saturated rings. The smallest absolute Gasteiger partial charge is 0.167 e. The highest BCUT2D eigenvalue weighted by molar-refractivity contribution is 7.80. The van der Waals surface area contributed by atoms with Gasteiger partial charge in [0.05, 0.1) is 6.54 Å². The molecule has 3 heteroatoms. The summed E-state index contributed by atoms with van der Waals surface area (Å²) in [4.78, 5) is 0. The molecule has 0 aromatic heterocycles. The lowest BCUT2D eigenvalue weighted by molar-refractivity contribution is 0.636. The third-order valence-electron chi connectivity index (χ3n) is 1.50. The van der Waals surface area contributed by atoms with Gasteiger partial charge in [0.2, 0.25) is 0 Å². The molecule has 0 radical (unpaired) electrons. The van der Waals surface area contributed by atoms with Gasteiger partial charge in [-0.2, -0.15) is 0 Å². The number of nitrogens with one attached hydrogen (secondary N) is 2. The van der Waals surface area contributed by atoms with E-state index in [2.05, 4.69) is 36.3 Å². The molecule has 0 bridgehead atoms. The van der Waals surface area contributed by atoms with Crippen LogP contribution in [0, 0.1) is 11.8 Å². The Morgan fingerprint density at radius 1 is 1.58 bits per heavy atom. The summed E-state index contributed by atoms with van der Waals surface area (Å²) in [7, 11) is 0. The first kappa shape index (κ1) is 11.2. The van der Waals surface area contributed by atoms with E-state index in [1.54, 1.807) is 0 Å². The Bertz CT molecular complexity index is 190. The van der Waals surface area contributed by atoms with Gasteiger partial charge in [-0.25, -0.2) is 0 Å². The van der Waals surface area contributed by atoms with E-state index in [9.17, 15) is 0 Å². The molecule has 0 aliphatic heterocycles. The highest BCUT2D eigenvalue weighted by Crippen LogP contribution is 1.86. The molecule has 1 atom stereocenters. The fourth-order valence-electron chi connectivity index (χ4n) is 0.590. The number of rotatable bonds is 3. The van der Waals surface area contributed by atoms with Crippen molar-refractivity contribution in [1.82, 2.24) is 10.6 Å². The highest BCUT2D eigenvalue weighted by Gasteiger charge is 1.98. The first-order valence-electron chi connectivity index (χ1n) is 4.14. The van der Waals surface area contributed by atoms with Crippen molar-refractivity contribution in [3.63, 3.8) is 0 Å². The molecular formula is C9H16N2S.